The lowest BCUT2D eigenvalue weighted by atomic mass is 10.1. The van der Waals surface area contributed by atoms with E-state index in [1.54, 1.807) is 18.2 Å². The van der Waals surface area contributed by atoms with Gasteiger partial charge in [0.1, 0.15) is 28.6 Å². The molecule has 1 aromatic carbocycles. The van der Waals surface area contributed by atoms with E-state index in [-0.39, 0.29) is 11.4 Å². The van der Waals surface area contributed by atoms with Gasteiger partial charge >= 0.3 is 5.63 Å². The first kappa shape index (κ1) is 17.9. The molecule has 27 heavy (non-hydrogen) atoms. The molecular weight excluding hydrogens is 354 g/mol. The van der Waals surface area contributed by atoms with Crippen molar-refractivity contribution in [2.75, 3.05) is 0 Å². The number of benzene rings is 1. The van der Waals surface area contributed by atoms with E-state index in [0.29, 0.717) is 17.1 Å². The van der Waals surface area contributed by atoms with Crippen LogP contribution in [0.15, 0.2) is 62.2 Å². The summed E-state index contributed by atoms with van der Waals surface area (Å²) in [6, 6.07) is 10.3. The summed E-state index contributed by atoms with van der Waals surface area (Å²) in [5, 5.41) is 20.6. The number of nitro groups is 1. The largest absolute Gasteiger partial charge is 0.507 e. The topological polar surface area (TPSA) is 124 Å². The molecule has 0 bridgehead atoms. The fourth-order valence-corrected chi connectivity index (χ4v) is 2.43. The number of hydrogen-bond acceptors (Lipinski definition) is 7. The minimum Gasteiger partial charge on any atom is -0.507 e. The van der Waals surface area contributed by atoms with Gasteiger partial charge in [-0.15, -0.1) is 0 Å². The molecule has 0 radical (unpaired) electrons. The van der Waals surface area contributed by atoms with E-state index in [0.717, 1.165) is 6.08 Å². The minimum atomic E-state index is -0.932. The first-order valence-corrected chi connectivity index (χ1v) is 7.76. The van der Waals surface area contributed by atoms with E-state index in [1.807, 2.05) is 0 Å². The van der Waals surface area contributed by atoms with Crippen molar-refractivity contribution in [1.82, 2.24) is 0 Å². The lowest BCUT2D eigenvalue weighted by Crippen LogP contribution is -2.12. The second-order valence-electron chi connectivity index (χ2n) is 5.61. The van der Waals surface area contributed by atoms with E-state index in [9.17, 15) is 24.8 Å². The molecule has 8 heteroatoms. The van der Waals surface area contributed by atoms with Crippen molar-refractivity contribution >= 4 is 17.5 Å². The Kier molecular flexibility index (Phi) is 4.71. The molecule has 2 aromatic heterocycles. The van der Waals surface area contributed by atoms with E-state index >= 15 is 0 Å². The summed E-state index contributed by atoms with van der Waals surface area (Å²) in [7, 11) is 0. The molecule has 1 N–H and O–H groups in total. The third-order valence-corrected chi connectivity index (χ3v) is 3.67. The van der Waals surface area contributed by atoms with Crippen molar-refractivity contribution < 1.29 is 23.7 Å². The van der Waals surface area contributed by atoms with Gasteiger partial charge < -0.3 is 13.9 Å². The summed E-state index contributed by atoms with van der Waals surface area (Å²) < 4.78 is 10.4. The highest BCUT2D eigenvalue weighted by molar-refractivity contribution is 6.08. The average Bonchev–Trinajstić information content (AvgIpc) is 3.08. The molecule has 0 aliphatic heterocycles. The Labute approximate surface area is 152 Å². The number of carbonyl (C=O) groups is 1. The zero-order valence-corrected chi connectivity index (χ0v) is 14.0. The van der Waals surface area contributed by atoms with Crippen LogP contribution >= 0.6 is 0 Å². The lowest BCUT2D eigenvalue weighted by Gasteiger charge is -1.99. The number of rotatable bonds is 5. The van der Waals surface area contributed by atoms with Gasteiger partial charge in [-0.05, 0) is 31.2 Å². The van der Waals surface area contributed by atoms with E-state index in [1.165, 1.54) is 37.3 Å². The van der Waals surface area contributed by atoms with Gasteiger partial charge in [0.2, 0.25) is 0 Å². The number of aryl methyl sites for hydroxylation is 1. The van der Waals surface area contributed by atoms with Crippen molar-refractivity contribution in [3.05, 3.63) is 86.2 Å². The van der Waals surface area contributed by atoms with Gasteiger partial charge in [0, 0.05) is 23.8 Å². The van der Waals surface area contributed by atoms with E-state index < -0.39 is 27.6 Å². The maximum Gasteiger partial charge on any atom is 0.351 e. The molecular formula is C19H13NO7. The van der Waals surface area contributed by atoms with Crippen molar-refractivity contribution in [1.29, 1.82) is 0 Å². The van der Waals surface area contributed by atoms with Crippen LogP contribution in [-0.2, 0) is 0 Å². The Morgan fingerprint density at radius 3 is 2.67 bits per heavy atom. The van der Waals surface area contributed by atoms with Gasteiger partial charge in [-0.3, -0.25) is 14.9 Å². The molecule has 0 atom stereocenters. The molecule has 0 spiro atoms. The Morgan fingerprint density at radius 2 is 1.96 bits per heavy atom. The molecule has 136 valence electrons. The molecule has 0 fully saturated rings. The summed E-state index contributed by atoms with van der Waals surface area (Å²) in [6.45, 7) is 1.48. The molecule has 0 saturated heterocycles. The highest BCUT2D eigenvalue weighted by atomic mass is 16.6. The smallest absolute Gasteiger partial charge is 0.351 e. The molecule has 2 heterocycles. The van der Waals surface area contributed by atoms with Crippen molar-refractivity contribution in [2.24, 2.45) is 0 Å². The Balaban J connectivity index is 1.84. The van der Waals surface area contributed by atoms with Crippen LogP contribution in [0, 0.1) is 17.0 Å². The van der Waals surface area contributed by atoms with Crippen molar-refractivity contribution in [2.45, 2.75) is 6.92 Å². The second kappa shape index (κ2) is 7.12. The zero-order valence-electron chi connectivity index (χ0n) is 14.0. The molecule has 3 rings (SSSR count). The van der Waals surface area contributed by atoms with Crippen LogP contribution in [0.2, 0.25) is 0 Å². The molecule has 0 saturated carbocycles. The standard InChI is InChI=1S/C19H13NO7/c1-11-9-16(22)18(19(23)26-11)15(21)7-5-14-6-8-17(27-14)12-3-2-4-13(10-12)20(24)25/h2-10,22H,1H3/b7-5+. The van der Waals surface area contributed by atoms with Crippen LogP contribution < -0.4 is 5.63 Å². The van der Waals surface area contributed by atoms with Gasteiger partial charge in [0.25, 0.3) is 5.69 Å². The second-order valence-corrected chi connectivity index (χ2v) is 5.61. The fraction of sp³-hybridized carbons (Fsp3) is 0.0526. The van der Waals surface area contributed by atoms with Crippen LogP contribution in [-0.4, -0.2) is 15.8 Å². The highest BCUT2D eigenvalue weighted by Crippen LogP contribution is 2.26. The summed E-state index contributed by atoms with van der Waals surface area (Å²) >= 11 is 0. The quantitative estimate of drug-likeness (QED) is 0.315. The number of nitrogens with zero attached hydrogens (tertiary/aromatic N) is 1. The summed E-state index contributed by atoms with van der Waals surface area (Å²) in [4.78, 5) is 34.2. The average molecular weight is 367 g/mol. The molecule has 0 amide bonds. The monoisotopic (exact) mass is 367 g/mol. The van der Waals surface area contributed by atoms with E-state index in [2.05, 4.69) is 0 Å². The number of furan rings is 1. The number of allylic oxidation sites excluding steroid dienone is 1. The first-order valence-electron chi connectivity index (χ1n) is 7.76. The van der Waals surface area contributed by atoms with Crippen LogP contribution in [0.4, 0.5) is 5.69 Å². The third-order valence-electron chi connectivity index (χ3n) is 3.67. The number of ketones is 1. The molecule has 8 nitrogen and oxygen atoms in total. The van der Waals surface area contributed by atoms with E-state index in [4.69, 9.17) is 8.83 Å². The Hall–Kier alpha value is -3.94. The fourth-order valence-electron chi connectivity index (χ4n) is 2.43. The SMILES string of the molecule is Cc1cc(O)c(C(=O)/C=C/c2ccc(-c3cccc([N+](=O)[O-])c3)o2)c(=O)o1. The summed E-state index contributed by atoms with van der Waals surface area (Å²) in [6.07, 6.45) is 2.39. The van der Waals surface area contributed by atoms with Crippen LogP contribution in [0.25, 0.3) is 17.4 Å². The van der Waals surface area contributed by atoms with Gasteiger partial charge in [-0.25, -0.2) is 4.79 Å². The van der Waals surface area contributed by atoms with Crippen LogP contribution in [0.3, 0.4) is 0 Å². The number of carbonyl (C=O) groups excluding carboxylic acids is 1. The maximum atomic E-state index is 12.1. The van der Waals surface area contributed by atoms with Gasteiger partial charge in [0.05, 0.1) is 4.92 Å². The minimum absolute atomic E-state index is 0.0715. The predicted molar refractivity (Wildman–Crippen MR) is 95.5 cm³/mol. The summed E-state index contributed by atoms with van der Waals surface area (Å²) in [5.41, 5.74) is -0.967. The highest BCUT2D eigenvalue weighted by Gasteiger charge is 2.16. The first-order chi connectivity index (χ1) is 12.8. The molecule has 0 aliphatic rings. The zero-order chi connectivity index (χ0) is 19.6. The maximum absolute atomic E-state index is 12.1. The molecule has 3 aromatic rings. The van der Waals surface area contributed by atoms with Gasteiger partial charge in [-0.2, -0.15) is 0 Å². The Morgan fingerprint density at radius 1 is 1.19 bits per heavy atom. The molecule has 0 unspecified atom stereocenters. The van der Waals surface area contributed by atoms with Crippen LogP contribution in [0.5, 0.6) is 5.75 Å². The van der Waals surface area contributed by atoms with Crippen molar-refractivity contribution in [3.63, 3.8) is 0 Å². The van der Waals surface area contributed by atoms with Gasteiger partial charge in [0.15, 0.2) is 5.78 Å². The Bertz CT molecular complexity index is 1120. The number of non-ortho nitro benzene ring substituents is 1. The van der Waals surface area contributed by atoms with Crippen LogP contribution in [0.1, 0.15) is 21.9 Å². The predicted octanol–water partition coefficient (Wildman–Crippen LogP) is 3.72. The molecule has 0 aliphatic carbocycles. The lowest BCUT2D eigenvalue weighted by molar-refractivity contribution is -0.384. The number of hydrogen-bond donors (Lipinski definition) is 1. The normalized spacial score (nSPS) is 11.0. The number of nitro benzene ring substituents is 1. The van der Waals surface area contributed by atoms with Crippen molar-refractivity contribution in [3.8, 4) is 17.1 Å². The van der Waals surface area contributed by atoms with Gasteiger partial charge in [-0.1, -0.05) is 12.1 Å². The third kappa shape index (κ3) is 3.84. The number of aromatic hydroxyl groups is 1. The summed E-state index contributed by atoms with van der Waals surface area (Å²) in [5.74, 6) is -0.348.